The van der Waals surface area contributed by atoms with Gasteiger partial charge in [-0.25, -0.2) is 0 Å². The van der Waals surface area contributed by atoms with Gasteiger partial charge in [-0.05, 0) is 38.3 Å². The third-order valence-corrected chi connectivity index (χ3v) is 4.76. The van der Waals surface area contributed by atoms with Crippen molar-refractivity contribution in [2.45, 2.75) is 56.8 Å². The molecular formula is C21H33N5O6. The molecule has 0 spiro atoms. The number of rotatable bonds is 14. The fourth-order valence-electron chi connectivity index (χ4n) is 2.83. The van der Waals surface area contributed by atoms with Crippen LogP contribution in [0.2, 0.25) is 0 Å². The number of aliphatic hydroxyl groups is 1. The Bertz CT molecular complexity index is 760. The van der Waals surface area contributed by atoms with Crippen molar-refractivity contribution in [3.05, 3.63) is 35.9 Å². The molecule has 1 aromatic rings. The highest BCUT2D eigenvalue weighted by Gasteiger charge is 2.29. The fourth-order valence-corrected chi connectivity index (χ4v) is 2.83. The molecule has 0 aliphatic rings. The van der Waals surface area contributed by atoms with Crippen molar-refractivity contribution >= 4 is 23.7 Å². The molecule has 3 amide bonds. The molecule has 0 saturated carbocycles. The molecule has 11 nitrogen and oxygen atoms in total. The number of unbranched alkanes of at least 4 members (excludes halogenated alkanes) is 1. The normalized spacial score (nSPS) is 14.5. The predicted molar refractivity (Wildman–Crippen MR) is 117 cm³/mol. The number of benzene rings is 1. The summed E-state index contributed by atoms with van der Waals surface area (Å²) in [6.07, 6.45) is 1.51. The molecule has 0 aliphatic heterocycles. The Morgan fingerprint density at radius 2 is 1.53 bits per heavy atom. The maximum atomic E-state index is 13.0. The number of amides is 3. The summed E-state index contributed by atoms with van der Waals surface area (Å²) >= 11 is 0. The van der Waals surface area contributed by atoms with Crippen LogP contribution in [-0.4, -0.2) is 71.2 Å². The summed E-state index contributed by atoms with van der Waals surface area (Å²) in [5.74, 6) is -3.21. The number of aliphatic carboxylic acids is 1. The van der Waals surface area contributed by atoms with Crippen LogP contribution < -0.4 is 27.4 Å². The zero-order chi connectivity index (χ0) is 24.1. The van der Waals surface area contributed by atoms with Gasteiger partial charge in [0.2, 0.25) is 17.7 Å². The summed E-state index contributed by atoms with van der Waals surface area (Å²) in [6.45, 7) is 1.12. The summed E-state index contributed by atoms with van der Waals surface area (Å²) in [5.41, 5.74) is 11.8. The van der Waals surface area contributed by atoms with Crippen LogP contribution in [0.4, 0.5) is 0 Å². The minimum Gasteiger partial charge on any atom is -0.480 e. The largest absolute Gasteiger partial charge is 0.480 e. The number of carbonyl (C=O) groups excluding carboxylic acids is 3. The Morgan fingerprint density at radius 3 is 2.09 bits per heavy atom. The number of carboxylic acid groups (broad SMARTS) is 1. The first-order chi connectivity index (χ1) is 15.2. The van der Waals surface area contributed by atoms with Crippen molar-refractivity contribution in [3.63, 3.8) is 0 Å². The van der Waals surface area contributed by atoms with Crippen LogP contribution in [0.25, 0.3) is 0 Å². The molecular weight excluding hydrogens is 418 g/mol. The van der Waals surface area contributed by atoms with E-state index >= 15 is 0 Å². The van der Waals surface area contributed by atoms with E-state index in [1.807, 2.05) is 0 Å². The van der Waals surface area contributed by atoms with Crippen LogP contribution in [0.5, 0.6) is 0 Å². The Morgan fingerprint density at radius 1 is 0.938 bits per heavy atom. The highest BCUT2D eigenvalue weighted by molar-refractivity contribution is 5.94. The molecule has 4 atom stereocenters. The van der Waals surface area contributed by atoms with Crippen molar-refractivity contribution < 1.29 is 29.4 Å². The van der Waals surface area contributed by atoms with E-state index in [0.717, 1.165) is 5.56 Å². The molecule has 32 heavy (non-hydrogen) atoms. The van der Waals surface area contributed by atoms with Gasteiger partial charge in [-0.15, -0.1) is 0 Å². The molecule has 9 N–H and O–H groups in total. The molecule has 0 fully saturated rings. The van der Waals surface area contributed by atoms with E-state index in [2.05, 4.69) is 16.0 Å². The molecule has 11 heteroatoms. The van der Waals surface area contributed by atoms with Crippen molar-refractivity contribution in [1.29, 1.82) is 0 Å². The minimum absolute atomic E-state index is 0.124. The minimum atomic E-state index is -1.21. The lowest BCUT2D eigenvalue weighted by Gasteiger charge is -2.24. The van der Waals surface area contributed by atoms with E-state index in [1.54, 1.807) is 30.3 Å². The standard InChI is InChI=1S/C21H33N5O6/c1-13(21(31)32)24-19(29)16(9-5-6-10-22)25-20(30)17(26-18(28)15(23)12-27)11-14-7-3-2-4-8-14/h2-4,7-8,13,15-17,27H,5-6,9-12,22-23H2,1H3,(H,24,29)(H,25,30)(H,26,28)(H,31,32). The molecule has 1 aromatic carbocycles. The average molecular weight is 452 g/mol. The molecule has 0 heterocycles. The van der Waals surface area contributed by atoms with E-state index in [4.69, 9.17) is 21.7 Å². The number of carbonyl (C=O) groups is 4. The first kappa shape index (κ1) is 27.0. The van der Waals surface area contributed by atoms with Crippen LogP contribution in [0.3, 0.4) is 0 Å². The lowest BCUT2D eigenvalue weighted by molar-refractivity contribution is -0.141. The van der Waals surface area contributed by atoms with Gasteiger partial charge in [-0.2, -0.15) is 0 Å². The van der Waals surface area contributed by atoms with Gasteiger partial charge in [0.1, 0.15) is 24.2 Å². The maximum absolute atomic E-state index is 13.0. The summed E-state index contributed by atoms with van der Waals surface area (Å²) in [5, 5.41) is 25.6. The fraction of sp³-hybridized carbons (Fsp3) is 0.524. The van der Waals surface area contributed by atoms with E-state index in [9.17, 15) is 19.2 Å². The van der Waals surface area contributed by atoms with Gasteiger partial charge in [0, 0.05) is 6.42 Å². The zero-order valence-corrected chi connectivity index (χ0v) is 18.1. The number of nitrogens with two attached hydrogens (primary N) is 2. The quantitative estimate of drug-likeness (QED) is 0.161. The third-order valence-electron chi connectivity index (χ3n) is 4.76. The van der Waals surface area contributed by atoms with Crippen LogP contribution >= 0.6 is 0 Å². The summed E-state index contributed by atoms with van der Waals surface area (Å²) in [4.78, 5) is 48.9. The summed E-state index contributed by atoms with van der Waals surface area (Å²) < 4.78 is 0. The van der Waals surface area contributed by atoms with Gasteiger partial charge in [0.25, 0.3) is 0 Å². The van der Waals surface area contributed by atoms with Crippen molar-refractivity contribution in [1.82, 2.24) is 16.0 Å². The third kappa shape index (κ3) is 9.41. The monoisotopic (exact) mass is 451 g/mol. The van der Waals surface area contributed by atoms with E-state index in [-0.39, 0.29) is 12.8 Å². The molecule has 4 unspecified atom stereocenters. The van der Waals surface area contributed by atoms with Gasteiger partial charge < -0.3 is 37.6 Å². The second-order valence-electron chi connectivity index (χ2n) is 7.45. The molecule has 178 valence electrons. The second-order valence-corrected chi connectivity index (χ2v) is 7.45. The van der Waals surface area contributed by atoms with Crippen LogP contribution in [0.1, 0.15) is 31.7 Å². The smallest absolute Gasteiger partial charge is 0.325 e. The van der Waals surface area contributed by atoms with Gasteiger partial charge in [0.05, 0.1) is 6.61 Å². The second kappa shape index (κ2) is 14.1. The van der Waals surface area contributed by atoms with E-state index in [0.29, 0.717) is 19.4 Å². The lowest BCUT2D eigenvalue weighted by Crippen LogP contribution is -2.57. The summed E-state index contributed by atoms with van der Waals surface area (Å²) in [6, 6.07) is 4.49. The predicted octanol–water partition coefficient (Wildman–Crippen LogP) is -1.76. The number of nitrogens with one attached hydrogen (secondary N) is 3. The lowest BCUT2D eigenvalue weighted by atomic mass is 10.0. The highest BCUT2D eigenvalue weighted by atomic mass is 16.4. The molecule has 0 bridgehead atoms. The topological polar surface area (TPSA) is 197 Å². The highest BCUT2D eigenvalue weighted by Crippen LogP contribution is 2.07. The van der Waals surface area contributed by atoms with E-state index in [1.165, 1.54) is 6.92 Å². The van der Waals surface area contributed by atoms with Crippen LogP contribution in [0, 0.1) is 0 Å². The summed E-state index contributed by atoms with van der Waals surface area (Å²) in [7, 11) is 0. The molecule has 1 rings (SSSR count). The average Bonchev–Trinajstić information content (AvgIpc) is 2.77. The van der Waals surface area contributed by atoms with Crippen LogP contribution in [0.15, 0.2) is 30.3 Å². The Balaban J connectivity index is 3.00. The van der Waals surface area contributed by atoms with Crippen molar-refractivity contribution in [2.75, 3.05) is 13.2 Å². The Kier molecular flexibility index (Phi) is 11.9. The number of aliphatic hydroxyl groups excluding tert-OH is 1. The zero-order valence-electron chi connectivity index (χ0n) is 18.1. The molecule has 0 saturated heterocycles. The number of carboxylic acids is 1. The molecule has 0 radical (unpaired) electrons. The van der Waals surface area contributed by atoms with Gasteiger partial charge in [-0.3, -0.25) is 19.2 Å². The van der Waals surface area contributed by atoms with Gasteiger partial charge in [-0.1, -0.05) is 30.3 Å². The molecule has 0 aromatic heterocycles. The number of hydrogen-bond acceptors (Lipinski definition) is 7. The van der Waals surface area contributed by atoms with Crippen molar-refractivity contribution in [2.24, 2.45) is 11.5 Å². The molecule has 0 aliphatic carbocycles. The van der Waals surface area contributed by atoms with Gasteiger partial charge >= 0.3 is 5.97 Å². The maximum Gasteiger partial charge on any atom is 0.325 e. The van der Waals surface area contributed by atoms with Crippen molar-refractivity contribution in [3.8, 4) is 0 Å². The Hall–Kier alpha value is -3.02. The first-order valence-electron chi connectivity index (χ1n) is 10.4. The first-order valence-corrected chi connectivity index (χ1v) is 10.4. The SMILES string of the molecule is CC(NC(=O)C(CCCCN)NC(=O)C(Cc1ccccc1)NC(=O)C(N)CO)C(=O)O. The van der Waals surface area contributed by atoms with E-state index < -0.39 is 54.5 Å². The Labute approximate surface area is 186 Å². The van der Waals surface area contributed by atoms with Gasteiger partial charge in [0.15, 0.2) is 0 Å². The number of hydrogen-bond donors (Lipinski definition) is 7. The van der Waals surface area contributed by atoms with Crippen LogP contribution in [-0.2, 0) is 25.6 Å².